The van der Waals surface area contributed by atoms with E-state index in [2.05, 4.69) is 40.1 Å². The Morgan fingerprint density at radius 1 is 1.00 bits per heavy atom. The first kappa shape index (κ1) is 12.5. The van der Waals surface area contributed by atoms with Gasteiger partial charge < -0.3 is 5.32 Å². The molecule has 1 fully saturated rings. The summed E-state index contributed by atoms with van der Waals surface area (Å²) in [4.78, 5) is 0. The third-order valence-corrected chi connectivity index (χ3v) is 4.48. The van der Waals surface area contributed by atoms with Gasteiger partial charge in [0.2, 0.25) is 0 Å². The van der Waals surface area contributed by atoms with E-state index in [0.717, 1.165) is 12.1 Å². The van der Waals surface area contributed by atoms with Crippen molar-refractivity contribution in [3.63, 3.8) is 0 Å². The van der Waals surface area contributed by atoms with Gasteiger partial charge in [0.1, 0.15) is 0 Å². The molecule has 1 saturated carbocycles. The van der Waals surface area contributed by atoms with E-state index in [1.807, 2.05) is 30.3 Å². The van der Waals surface area contributed by atoms with Gasteiger partial charge >= 0.3 is 0 Å². The van der Waals surface area contributed by atoms with Crippen molar-refractivity contribution in [1.29, 1.82) is 0 Å². The van der Waals surface area contributed by atoms with Crippen LogP contribution in [0.5, 0.6) is 0 Å². The molecule has 0 aromatic heterocycles. The highest BCUT2D eigenvalue weighted by molar-refractivity contribution is 5.96. The van der Waals surface area contributed by atoms with E-state index in [1.165, 1.54) is 29.8 Å². The van der Waals surface area contributed by atoms with Crippen molar-refractivity contribution >= 4 is 17.1 Å². The second-order valence-electron chi connectivity index (χ2n) is 5.79. The van der Waals surface area contributed by atoms with Crippen LogP contribution in [0.15, 0.2) is 59.7 Å². The zero-order chi connectivity index (χ0) is 14.1. The number of fused-ring (bicyclic) bond motifs is 3. The van der Waals surface area contributed by atoms with Crippen molar-refractivity contribution in [3.8, 4) is 0 Å². The molecule has 106 valence electrons. The summed E-state index contributed by atoms with van der Waals surface area (Å²) < 4.78 is 0. The maximum Gasteiger partial charge on any atom is 0.0733 e. The third-order valence-electron chi connectivity index (χ3n) is 4.48. The second kappa shape index (κ2) is 5.24. The average molecular weight is 277 g/mol. The number of hydrazone groups is 1. The number of nitrogens with one attached hydrogen (secondary N) is 2. The van der Waals surface area contributed by atoms with Crippen molar-refractivity contribution in [2.24, 2.45) is 5.10 Å². The Kier molecular flexibility index (Phi) is 3.11. The molecule has 0 amide bonds. The van der Waals surface area contributed by atoms with Gasteiger partial charge in [-0.15, -0.1) is 0 Å². The lowest BCUT2D eigenvalue weighted by molar-refractivity contribution is 0.563. The van der Waals surface area contributed by atoms with E-state index in [0.29, 0.717) is 12.0 Å². The van der Waals surface area contributed by atoms with Crippen molar-refractivity contribution < 1.29 is 0 Å². The van der Waals surface area contributed by atoms with Crippen LogP contribution in [-0.4, -0.2) is 11.8 Å². The third kappa shape index (κ3) is 2.29. The Balaban J connectivity index is 1.58. The number of anilines is 2. The predicted octanol–water partition coefficient (Wildman–Crippen LogP) is 4.22. The normalized spacial score (nSPS) is 25.0. The summed E-state index contributed by atoms with van der Waals surface area (Å²) in [5, 5.41) is 8.34. The summed E-state index contributed by atoms with van der Waals surface area (Å²) in [5.41, 5.74) is 8.22. The second-order valence-corrected chi connectivity index (χ2v) is 5.79. The van der Waals surface area contributed by atoms with E-state index in [-0.39, 0.29) is 0 Å². The maximum atomic E-state index is 4.68. The van der Waals surface area contributed by atoms with Crippen LogP contribution in [0, 0.1) is 0 Å². The van der Waals surface area contributed by atoms with Gasteiger partial charge in [0.25, 0.3) is 0 Å². The van der Waals surface area contributed by atoms with Crippen molar-refractivity contribution in [2.45, 2.75) is 31.2 Å². The monoisotopic (exact) mass is 277 g/mol. The molecular formula is C18H19N3. The van der Waals surface area contributed by atoms with Crippen LogP contribution >= 0.6 is 0 Å². The zero-order valence-electron chi connectivity index (χ0n) is 11.9. The van der Waals surface area contributed by atoms with Gasteiger partial charge in [-0.25, -0.2) is 0 Å². The van der Waals surface area contributed by atoms with Gasteiger partial charge in [-0.05, 0) is 43.0 Å². The fourth-order valence-corrected chi connectivity index (χ4v) is 3.47. The number of nitrogens with zero attached hydrogens (tertiary/aromatic N) is 1. The molecule has 2 aromatic rings. The molecule has 21 heavy (non-hydrogen) atoms. The van der Waals surface area contributed by atoms with Gasteiger partial charge in [-0.3, -0.25) is 5.43 Å². The smallest absolute Gasteiger partial charge is 0.0733 e. The molecule has 1 aliphatic carbocycles. The van der Waals surface area contributed by atoms with Crippen molar-refractivity contribution in [2.75, 3.05) is 10.7 Å². The lowest BCUT2D eigenvalue weighted by Crippen LogP contribution is -2.34. The van der Waals surface area contributed by atoms with Crippen LogP contribution in [0.4, 0.5) is 11.4 Å². The lowest BCUT2D eigenvalue weighted by atomic mass is 9.81. The summed E-state index contributed by atoms with van der Waals surface area (Å²) in [6.07, 6.45) is 3.54. The standard InChI is InChI=1S/C18H19N3/c1-2-7-13(8-3-1)20-21-17-12-6-10-15-14-9-4-5-11-16(14)19-18(15)17/h1-5,7-9,11,15,18-20H,6,10,12H2/b21-17+. The predicted molar refractivity (Wildman–Crippen MR) is 87.9 cm³/mol. The van der Waals surface area contributed by atoms with Gasteiger partial charge in [0.05, 0.1) is 17.4 Å². The average Bonchev–Trinajstić information content (AvgIpc) is 2.93. The summed E-state index contributed by atoms with van der Waals surface area (Å²) in [5.74, 6) is 0.575. The first-order valence-electron chi connectivity index (χ1n) is 7.65. The van der Waals surface area contributed by atoms with Crippen LogP contribution in [-0.2, 0) is 0 Å². The molecule has 3 nitrogen and oxygen atoms in total. The Hall–Kier alpha value is -2.29. The minimum Gasteiger partial charge on any atom is -0.376 e. The molecule has 0 spiro atoms. The van der Waals surface area contributed by atoms with Gasteiger partial charge in [-0.1, -0.05) is 36.4 Å². The molecule has 0 radical (unpaired) electrons. The van der Waals surface area contributed by atoms with E-state index in [9.17, 15) is 0 Å². The Labute approximate surface area is 125 Å². The number of hydrogen-bond acceptors (Lipinski definition) is 3. The highest BCUT2D eigenvalue weighted by Crippen LogP contribution is 2.42. The van der Waals surface area contributed by atoms with Crippen molar-refractivity contribution in [3.05, 3.63) is 60.2 Å². The van der Waals surface area contributed by atoms with E-state index in [4.69, 9.17) is 0 Å². The molecule has 1 heterocycles. The van der Waals surface area contributed by atoms with Crippen LogP contribution < -0.4 is 10.7 Å². The van der Waals surface area contributed by atoms with E-state index >= 15 is 0 Å². The Morgan fingerprint density at radius 3 is 2.71 bits per heavy atom. The summed E-state index contributed by atoms with van der Waals surface area (Å²) in [6, 6.07) is 19.2. The van der Waals surface area contributed by atoms with Crippen LogP contribution in [0.2, 0.25) is 0 Å². The Bertz CT molecular complexity index is 663. The molecule has 2 aromatic carbocycles. The van der Waals surface area contributed by atoms with Crippen LogP contribution in [0.1, 0.15) is 30.7 Å². The summed E-state index contributed by atoms with van der Waals surface area (Å²) >= 11 is 0. The number of rotatable bonds is 2. The van der Waals surface area contributed by atoms with Crippen molar-refractivity contribution in [1.82, 2.24) is 0 Å². The summed E-state index contributed by atoms with van der Waals surface area (Å²) in [6.45, 7) is 0. The van der Waals surface area contributed by atoms with Crippen LogP contribution in [0.3, 0.4) is 0 Å². The van der Waals surface area contributed by atoms with Crippen LogP contribution in [0.25, 0.3) is 0 Å². The van der Waals surface area contributed by atoms with Gasteiger partial charge in [0.15, 0.2) is 0 Å². The van der Waals surface area contributed by atoms with E-state index < -0.39 is 0 Å². The fraction of sp³-hybridized carbons (Fsp3) is 0.278. The van der Waals surface area contributed by atoms with Gasteiger partial charge in [-0.2, -0.15) is 5.10 Å². The lowest BCUT2D eigenvalue weighted by Gasteiger charge is -2.27. The SMILES string of the molecule is c1ccc(N/N=C2\CCCC3c4ccccc4NC23)cc1. The number of hydrogen-bond donors (Lipinski definition) is 2. The topological polar surface area (TPSA) is 36.4 Å². The minimum atomic E-state index is 0.354. The molecule has 2 atom stereocenters. The number of benzene rings is 2. The first-order valence-corrected chi connectivity index (χ1v) is 7.65. The minimum absolute atomic E-state index is 0.354. The molecular weight excluding hydrogens is 258 g/mol. The molecule has 4 rings (SSSR count). The summed E-state index contributed by atoms with van der Waals surface area (Å²) in [7, 11) is 0. The molecule has 2 aliphatic rings. The van der Waals surface area contributed by atoms with Gasteiger partial charge in [0, 0.05) is 11.6 Å². The Morgan fingerprint density at radius 2 is 1.81 bits per heavy atom. The molecule has 0 bridgehead atoms. The molecule has 2 N–H and O–H groups in total. The molecule has 2 unspecified atom stereocenters. The maximum absolute atomic E-state index is 4.68. The molecule has 1 aliphatic heterocycles. The highest BCUT2D eigenvalue weighted by Gasteiger charge is 2.37. The first-order chi connectivity index (χ1) is 10.4. The number of para-hydroxylation sites is 2. The quantitative estimate of drug-likeness (QED) is 0.806. The van der Waals surface area contributed by atoms with E-state index in [1.54, 1.807) is 0 Å². The highest BCUT2D eigenvalue weighted by atomic mass is 15.3. The largest absolute Gasteiger partial charge is 0.376 e. The molecule has 3 heteroatoms. The fourth-order valence-electron chi connectivity index (χ4n) is 3.47. The zero-order valence-corrected chi connectivity index (χ0v) is 11.9. The molecule has 0 saturated heterocycles.